The Balaban J connectivity index is 1.37. The third-order valence-corrected chi connectivity index (χ3v) is 7.13. The van der Waals surface area contributed by atoms with Crippen molar-refractivity contribution in [2.45, 2.75) is 25.3 Å². The molecule has 0 bridgehead atoms. The number of anilines is 1. The minimum Gasteiger partial charge on any atom is -0.354 e. The van der Waals surface area contributed by atoms with E-state index in [2.05, 4.69) is 20.1 Å². The van der Waals surface area contributed by atoms with Crippen LogP contribution >= 0.6 is 0 Å². The smallest absolute Gasteiger partial charge is 0.194 e. The number of rotatable bonds is 4. The Hall–Kier alpha value is -1.83. The topological polar surface area (TPSA) is 77.9 Å². The molecule has 2 aliphatic heterocycles. The van der Waals surface area contributed by atoms with Gasteiger partial charge >= 0.3 is 0 Å². The summed E-state index contributed by atoms with van der Waals surface area (Å²) in [7, 11) is -2.83. The predicted octanol–water partition coefficient (Wildman–Crippen LogP) is 0.746. The number of aromatic nitrogens is 1. The van der Waals surface area contributed by atoms with Crippen molar-refractivity contribution in [2.24, 2.45) is 10.9 Å². The van der Waals surface area contributed by atoms with E-state index in [1.807, 2.05) is 24.4 Å². The summed E-state index contributed by atoms with van der Waals surface area (Å²) >= 11 is 0. The van der Waals surface area contributed by atoms with Gasteiger partial charge in [0.15, 0.2) is 15.8 Å². The normalized spacial score (nSPS) is 26.2. The van der Waals surface area contributed by atoms with Crippen LogP contribution in [-0.4, -0.2) is 74.5 Å². The summed E-state index contributed by atoms with van der Waals surface area (Å²) in [5.41, 5.74) is 0. The van der Waals surface area contributed by atoms with E-state index in [0.717, 1.165) is 44.4 Å². The minimum absolute atomic E-state index is 0.172. The second kappa shape index (κ2) is 7.42. The third kappa shape index (κ3) is 4.47. The van der Waals surface area contributed by atoms with Crippen LogP contribution in [0.4, 0.5) is 5.82 Å². The SMILES string of the molecule is O=S1(=O)CCC(CN=C(NC2CC2)N2CCN(c3ccccn3)CC2)C1. The van der Waals surface area contributed by atoms with Gasteiger partial charge in [0.05, 0.1) is 11.5 Å². The molecule has 1 N–H and O–H groups in total. The maximum atomic E-state index is 11.7. The lowest BCUT2D eigenvalue weighted by molar-refractivity contribution is 0.369. The van der Waals surface area contributed by atoms with Crippen molar-refractivity contribution < 1.29 is 8.42 Å². The molecule has 2 saturated heterocycles. The van der Waals surface area contributed by atoms with Crippen LogP contribution in [0.15, 0.2) is 29.4 Å². The molecule has 0 aromatic carbocycles. The first kappa shape index (κ1) is 17.6. The minimum atomic E-state index is -2.83. The Morgan fingerprint density at radius 1 is 1.19 bits per heavy atom. The third-order valence-electron chi connectivity index (χ3n) is 5.29. The monoisotopic (exact) mass is 377 g/mol. The first-order chi connectivity index (χ1) is 12.6. The second-order valence-corrected chi connectivity index (χ2v) is 9.74. The van der Waals surface area contributed by atoms with Gasteiger partial charge in [-0.05, 0) is 37.3 Å². The van der Waals surface area contributed by atoms with E-state index in [0.29, 0.717) is 24.1 Å². The van der Waals surface area contributed by atoms with Crippen LogP contribution in [0.25, 0.3) is 0 Å². The van der Waals surface area contributed by atoms with Crippen LogP contribution in [0, 0.1) is 5.92 Å². The standard InChI is InChI=1S/C18H27N5O2S/c24-26(25)12-6-15(14-26)13-20-18(21-16-4-5-16)23-10-8-22(9-11-23)17-3-1-2-7-19-17/h1-3,7,15-16H,4-6,8-14H2,(H,20,21). The fourth-order valence-electron chi connectivity index (χ4n) is 3.57. The van der Waals surface area contributed by atoms with Gasteiger partial charge in [-0.2, -0.15) is 0 Å². The number of nitrogens with zero attached hydrogens (tertiary/aromatic N) is 4. The van der Waals surface area contributed by atoms with Gasteiger partial charge in [-0.15, -0.1) is 0 Å². The Kier molecular flexibility index (Phi) is 5.02. The highest BCUT2D eigenvalue weighted by molar-refractivity contribution is 7.91. The molecule has 0 spiro atoms. The molecule has 1 unspecified atom stereocenters. The second-order valence-electron chi connectivity index (χ2n) is 7.51. The molecule has 26 heavy (non-hydrogen) atoms. The molecule has 142 valence electrons. The van der Waals surface area contributed by atoms with Gasteiger partial charge < -0.3 is 15.1 Å². The van der Waals surface area contributed by atoms with E-state index in [9.17, 15) is 8.42 Å². The van der Waals surface area contributed by atoms with Crippen molar-refractivity contribution in [1.82, 2.24) is 15.2 Å². The summed E-state index contributed by atoms with van der Waals surface area (Å²) in [4.78, 5) is 13.9. The Morgan fingerprint density at radius 2 is 2.00 bits per heavy atom. The average molecular weight is 378 g/mol. The van der Waals surface area contributed by atoms with Gasteiger partial charge in [-0.25, -0.2) is 13.4 Å². The van der Waals surface area contributed by atoms with Crippen LogP contribution in [0.2, 0.25) is 0 Å². The summed E-state index contributed by atoms with van der Waals surface area (Å²) in [6.07, 6.45) is 4.98. The zero-order valence-corrected chi connectivity index (χ0v) is 15.9. The first-order valence-electron chi connectivity index (χ1n) is 9.51. The van der Waals surface area contributed by atoms with E-state index in [-0.39, 0.29) is 5.92 Å². The molecule has 1 aliphatic carbocycles. The fourth-order valence-corrected chi connectivity index (χ4v) is 5.42. The maximum Gasteiger partial charge on any atom is 0.194 e. The van der Waals surface area contributed by atoms with Gasteiger partial charge in [-0.3, -0.25) is 4.99 Å². The van der Waals surface area contributed by atoms with Crippen molar-refractivity contribution in [3.05, 3.63) is 24.4 Å². The molecule has 1 aromatic rings. The number of sulfone groups is 1. The van der Waals surface area contributed by atoms with Crippen molar-refractivity contribution in [3.63, 3.8) is 0 Å². The summed E-state index contributed by atoms with van der Waals surface area (Å²) < 4.78 is 23.3. The maximum absolute atomic E-state index is 11.7. The van der Waals surface area contributed by atoms with Crippen molar-refractivity contribution in [2.75, 3.05) is 49.1 Å². The van der Waals surface area contributed by atoms with E-state index in [1.54, 1.807) is 0 Å². The number of piperazine rings is 1. The van der Waals surface area contributed by atoms with E-state index in [1.165, 1.54) is 12.8 Å². The molecule has 8 heteroatoms. The van der Waals surface area contributed by atoms with Crippen molar-refractivity contribution in [1.29, 1.82) is 0 Å². The van der Waals surface area contributed by atoms with Crippen molar-refractivity contribution in [3.8, 4) is 0 Å². The highest BCUT2D eigenvalue weighted by atomic mass is 32.2. The molecular weight excluding hydrogens is 350 g/mol. The Labute approximate surface area is 155 Å². The molecule has 7 nitrogen and oxygen atoms in total. The zero-order chi connectivity index (χ0) is 18.0. The molecule has 3 aliphatic rings. The molecule has 0 radical (unpaired) electrons. The molecule has 1 atom stereocenters. The Morgan fingerprint density at radius 3 is 2.62 bits per heavy atom. The van der Waals surface area contributed by atoms with E-state index in [4.69, 9.17) is 4.99 Å². The fraction of sp³-hybridized carbons (Fsp3) is 0.667. The van der Waals surface area contributed by atoms with Gasteiger partial charge in [0, 0.05) is 45.0 Å². The first-order valence-corrected chi connectivity index (χ1v) is 11.3. The molecule has 3 heterocycles. The number of hydrogen-bond acceptors (Lipinski definition) is 5. The number of hydrogen-bond donors (Lipinski definition) is 1. The van der Waals surface area contributed by atoms with Crippen LogP contribution < -0.4 is 10.2 Å². The highest BCUT2D eigenvalue weighted by Gasteiger charge is 2.30. The van der Waals surface area contributed by atoms with Gasteiger partial charge in [0.1, 0.15) is 5.82 Å². The Bertz CT molecular complexity index is 740. The lowest BCUT2D eigenvalue weighted by atomic mass is 10.1. The highest BCUT2D eigenvalue weighted by Crippen LogP contribution is 2.21. The average Bonchev–Trinajstić information content (AvgIpc) is 3.41. The van der Waals surface area contributed by atoms with Gasteiger partial charge in [-0.1, -0.05) is 6.07 Å². The largest absolute Gasteiger partial charge is 0.354 e. The summed E-state index contributed by atoms with van der Waals surface area (Å²) in [5.74, 6) is 2.77. The lowest BCUT2D eigenvalue weighted by Gasteiger charge is -2.37. The van der Waals surface area contributed by atoms with Gasteiger partial charge in [0.2, 0.25) is 0 Å². The van der Waals surface area contributed by atoms with E-state index >= 15 is 0 Å². The summed E-state index contributed by atoms with van der Waals surface area (Å²) in [5, 5.41) is 3.55. The number of guanidine groups is 1. The molecule has 1 aromatic heterocycles. The van der Waals surface area contributed by atoms with Crippen LogP contribution in [0.5, 0.6) is 0 Å². The quantitative estimate of drug-likeness (QED) is 0.616. The zero-order valence-electron chi connectivity index (χ0n) is 15.0. The van der Waals surface area contributed by atoms with Crippen LogP contribution in [-0.2, 0) is 9.84 Å². The number of nitrogens with one attached hydrogen (secondary N) is 1. The summed E-state index contributed by atoms with van der Waals surface area (Å²) in [6, 6.07) is 6.54. The molecule has 3 fully saturated rings. The molecule has 1 saturated carbocycles. The van der Waals surface area contributed by atoms with E-state index < -0.39 is 9.84 Å². The molecular formula is C18H27N5O2S. The summed E-state index contributed by atoms with van der Waals surface area (Å²) in [6.45, 7) is 4.24. The lowest BCUT2D eigenvalue weighted by Crippen LogP contribution is -2.53. The molecule has 0 amide bonds. The number of pyridine rings is 1. The molecule has 4 rings (SSSR count). The van der Waals surface area contributed by atoms with Crippen molar-refractivity contribution >= 4 is 21.6 Å². The predicted molar refractivity (Wildman–Crippen MR) is 103 cm³/mol. The van der Waals surface area contributed by atoms with Crippen LogP contribution in [0.1, 0.15) is 19.3 Å². The van der Waals surface area contributed by atoms with Gasteiger partial charge in [0.25, 0.3) is 0 Å². The number of aliphatic imine (C=N–C) groups is 1. The van der Waals surface area contributed by atoms with Crippen LogP contribution in [0.3, 0.4) is 0 Å².